The lowest BCUT2D eigenvalue weighted by Crippen LogP contribution is -2.22. The molecule has 1 aromatic heterocycles. The summed E-state index contributed by atoms with van der Waals surface area (Å²) in [6, 6.07) is 1.87. The molecule has 0 spiro atoms. The second-order valence-electron chi connectivity index (χ2n) is 4.10. The van der Waals surface area contributed by atoms with Gasteiger partial charge in [0.05, 0.1) is 5.56 Å². The van der Waals surface area contributed by atoms with E-state index in [2.05, 4.69) is 11.9 Å². The standard InChI is InChI=1S/C13H17N3O2/c1-4-5-6-15-8-11-9(2)10(7-14)12(17)16(3)13(11)18/h8,18H,4-6H2,1-3H3. The summed E-state index contributed by atoms with van der Waals surface area (Å²) in [6.45, 7) is 4.37. The van der Waals surface area contributed by atoms with Crippen LogP contribution in [-0.4, -0.2) is 22.4 Å². The van der Waals surface area contributed by atoms with Crippen molar-refractivity contribution in [2.75, 3.05) is 6.54 Å². The third-order valence-corrected chi connectivity index (χ3v) is 2.83. The van der Waals surface area contributed by atoms with Crippen LogP contribution in [0, 0.1) is 18.3 Å². The quantitative estimate of drug-likeness (QED) is 0.646. The van der Waals surface area contributed by atoms with E-state index in [1.165, 1.54) is 13.3 Å². The molecule has 0 amide bonds. The molecule has 1 rings (SSSR count). The van der Waals surface area contributed by atoms with Crippen LogP contribution >= 0.6 is 0 Å². The van der Waals surface area contributed by atoms with Gasteiger partial charge in [0.25, 0.3) is 5.56 Å². The zero-order valence-corrected chi connectivity index (χ0v) is 10.9. The van der Waals surface area contributed by atoms with Crippen molar-refractivity contribution < 1.29 is 5.11 Å². The van der Waals surface area contributed by atoms with E-state index in [9.17, 15) is 9.90 Å². The maximum atomic E-state index is 11.7. The fraction of sp³-hybridized carbons (Fsp3) is 0.462. The molecule has 0 saturated heterocycles. The van der Waals surface area contributed by atoms with Gasteiger partial charge in [0.2, 0.25) is 5.88 Å². The number of hydrogen-bond acceptors (Lipinski definition) is 4. The van der Waals surface area contributed by atoms with Crippen LogP contribution in [-0.2, 0) is 7.05 Å². The number of rotatable bonds is 4. The van der Waals surface area contributed by atoms with Gasteiger partial charge in [-0.25, -0.2) is 0 Å². The Balaban J connectivity index is 3.29. The van der Waals surface area contributed by atoms with E-state index in [-0.39, 0.29) is 11.4 Å². The van der Waals surface area contributed by atoms with Gasteiger partial charge in [-0.2, -0.15) is 5.26 Å². The van der Waals surface area contributed by atoms with E-state index in [4.69, 9.17) is 5.26 Å². The molecule has 0 atom stereocenters. The number of nitriles is 1. The van der Waals surface area contributed by atoms with Gasteiger partial charge in [0, 0.05) is 19.8 Å². The van der Waals surface area contributed by atoms with Gasteiger partial charge in [-0.3, -0.25) is 14.4 Å². The lowest BCUT2D eigenvalue weighted by molar-refractivity contribution is 0.421. The molecule has 1 aromatic rings. The largest absolute Gasteiger partial charge is 0.494 e. The molecule has 1 N–H and O–H groups in total. The SMILES string of the molecule is CCCCN=Cc1c(C)c(C#N)c(=O)n(C)c1O. The Morgan fingerprint density at radius 3 is 2.78 bits per heavy atom. The fourth-order valence-electron chi connectivity index (χ4n) is 1.60. The first kappa shape index (κ1) is 14.0. The van der Waals surface area contributed by atoms with Gasteiger partial charge < -0.3 is 5.11 Å². The number of nitrogens with zero attached hydrogens (tertiary/aromatic N) is 3. The van der Waals surface area contributed by atoms with Crippen molar-refractivity contribution in [2.45, 2.75) is 26.7 Å². The highest BCUT2D eigenvalue weighted by Crippen LogP contribution is 2.18. The molecule has 0 radical (unpaired) electrons. The van der Waals surface area contributed by atoms with E-state index in [0.717, 1.165) is 17.4 Å². The van der Waals surface area contributed by atoms with Crippen molar-refractivity contribution >= 4 is 6.21 Å². The first-order valence-corrected chi connectivity index (χ1v) is 5.87. The van der Waals surface area contributed by atoms with Crippen molar-refractivity contribution in [1.29, 1.82) is 5.26 Å². The van der Waals surface area contributed by atoms with Crippen LogP contribution in [0.4, 0.5) is 0 Å². The van der Waals surface area contributed by atoms with Crippen LogP contribution < -0.4 is 5.56 Å². The number of aliphatic imine (C=N–C) groups is 1. The molecule has 0 saturated carbocycles. The molecule has 1 heterocycles. The lowest BCUT2D eigenvalue weighted by atomic mass is 10.1. The van der Waals surface area contributed by atoms with Gasteiger partial charge in [-0.1, -0.05) is 13.3 Å². The minimum Gasteiger partial charge on any atom is -0.494 e. The second kappa shape index (κ2) is 6.01. The Morgan fingerprint density at radius 2 is 2.22 bits per heavy atom. The molecular weight excluding hydrogens is 230 g/mol. The second-order valence-corrected chi connectivity index (χ2v) is 4.10. The van der Waals surface area contributed by atoms with E-state index in [1.54, 1.807) is 6.92 Å². The first-order chi connectivity index (χ1) is 8.54. The molecular formula is C13H17N3O2. The number of unbranched alkanes of at least 4 members (excludes halogenated alkanes) is 1. The Morgan fingerprint density at radius 1 is 1.56 bits per heavy atom. The van der Waals surface area contributed by atoms with Gasteiger partial charge in [0.15, 0.2) is 0 Å². The maximum absolute atomic E-state index is 11.7. The number of hydrogen-bond donors (Lipinski definition) is 1. The minimum absolute atomic E-state index is 0.0484. The van der Waals surface area contributed by atoms with Gasteiger partial charge in [-0.05, 0) is 18.9 Å². The highest BCUT2D eigenvalue weighted by molar-refractivity contribution is 5.85. The summed E-state index contributed by atoms with van der Waals surface area (Å²) >= 11 is 0. The summed E-state index contributed by atoms with van der Waals surface area (Å²) in [5, 5.41) is 18.9. The maximum Gasteiger partial charge on any atom is 0.271 e. The Kier molecular flexibility index (Phi) is 4.67. The summed E-state index contributed by atoms with van der Waals surface area (Å²) < 4.78 is 1.06. The van der Waals surface area contributed by atoms with Crippen molar-refractivity contribution in [1.82, 2.24) is 4.57 Å². The summed E-state index contributed by atoms with van der Waals surface area (Å²) in [6.07, 6.45) is 3.53. The summed E-state index contributed by atoms with van der Waals surface area (Å²) in [7, 11) is 1.43. The van der Waals surface area contributed by atoms with Gasteiger partial charge in [0.1, 0.15) is 11.6 Å². The van der Waals surface area contributed by atoms with Crippen molar-refractivity contribution in [3.8, 4) is 11.9 Å². The van der Waals surface area contributed by atoms with Crippen LogP contribution in [0.3, 0.4) is 0 Å². The Bertz CT molecular complexity index is 565. The Hall–Kier alpha value is -2.09. The predicted molar refractivity (Wildman–Crippen MR) is 70.2 cm³/mol. The van der Waals surface area contributed by atoms with Crippen molar-refractivity contribution in [3.63, 3.8) is 0 Å². The highest BCUT2D eigenvalue weighted by Gasteiger charge is 2.15. The first-order valence-electron chi connectivity index (χ1n) is 5.87. The van der Waals surface area contributed by atoms with E-state index in [0.29, 0.717) is 17.7 Å². The van der Waals surface area contributed by atoms with Gasteiger partial charge in [-0.15, -0.1) is 0 Å². The molecule has 5 nitrogen and oxygen atoms in total. The molecule has 0 unspecified atom stereocenters. The van der Waals surface area contributed by atoms with Crippen molar-refractivity contribution in [2.24, 2.45) is 12.0 Å². The normalized spacial score (nSPS) is 10.8. The average molecular weight is 247 g/mol. The van der Waals surface area contributed by atoms with E-state index < -0.39 is 5.56 Å². The zero-order chi connectivity index (χ0) is 13.7. The summed E-state index contributed by atoms with van der Waals surface area (Å²) in [4.78, 5) is 15.9. The average Bonchev–Trinajstić information content (AvgIpc) is 2.36. The third-order valence-electron chi connectivity index (χ3n) is 2.83. The number of pyridine rings is 1. The molecule has 96 valence electrons. The molecule has 0 aliphatic heterocycles. The van der Waals surface area contributed by atoms with E-state index >= 15 is 0 Å². The molecule has 0 aromatic carbocycles. The van der Waals surface area contributed by atoms with Crippen LogP contribution in [0.15, 0.2) is 9.79 Å². The lowest BCUT2D eigenvalue weighted by Gasteiger charge is -2.09. The zero-order valence-electron chi connectivity index (χ0n) is 10.9. The molecule has 0 bridgehead atoms. The van der Waals surface area contributed by atoms with Crippen LogP contribution in [0.2, 0.25) is 0 Å². The fourth-order valence-corrected chi connectivity index (χ4v) is 1.60. The van der Waals surface area contributed by atoms with Crippen LogP contribution in [0.5, 0.6) is 5.88 Å². The summed E-state index contributed by atoms with van der Waals surface area (Å²) in [5.74, 6) is -0.156. The molecule has 5 heteroatoms. The molecule has 0 fully saturated rings. The van der Waals surface area contributed by atoms with Crippen LogP contribution in [0.25, 0.3) is 0 Å². The minimum atomic E-state index is -0.488. The van der Waals surface area contributed by atoms with E-state index in [1.807, 2.05) is 6.07 Å². The predicted octanol–water partition coefficient (Wildman–Crippen LogP) is 1.49. The topological polar surface area (TPSA) is 78.4 Å². The van der Waals surface area contributed by atoms with Gasteiger partial charge >= 0.3 is 0 Å². The summed E-state index contributed by atoms with van der Waals surface area (Å²) in [5.41, 5.74) is 0.466. The molecule has 18 heavy (non-hydrogen) atoms. The Labute approximate surface area is 106 Å². The number of aromatic nitrogens is 1. The highest BCUT2D eigenvalue weighted by atomic mass is 16.3. The third kappa shape index (κ3) is 2.59. The van der Waals surface area contributed by atoms with Crippen LogP contribution in [0.1, 0.15) is 36.5 Å². The number of aromatic hydroxyl groups is 1. The molecule has 0 aliphatic carbocycles. The smallest absolute Gasteiger partial charge is 0.271 e. The monoisotopic (exact) mass is 247 g/mol. The van der Waals surface area contributed by atoms with Crippen molar-refractivity contribution in [3.05, 3.63) is 27.0 Å². The molecule has 0 aliphatic rings.